The monoisotopic (exact) mass is 806 g/mol. The summed E-state index contributed by atoms with van der Waals surface area (Å²) in [4.78, 5) is 62.0. The summed E-state index contributed by atoms with van der Waals surface area (Å²) < 4.78 is 14.3. The molecule has 4 aliphatic heterocycles. The number of imide groups is 1. The highest BCUT2D eigenvalue weighted by Gasteiger charge is 2.44. The van der Waals surface area contributed by atoms with Crippen molar-refractivity contribution in [2.75, 3.05) is 86.8 Å². The van der Waals surface area contributed by atoms with Gasteiger partial charge in [-0.2, -0.15) is 4.98 Å². The van der Waals surface area contributed by atoms with E-state index < -0.39 is 10.8 Å². The Labute approximate surface area is 341 Å². The number of likely N-dealkylation sites (tertiary alicyclic amines) is 1. The Hall–Kier alpha value is -4.73. The highest BCUT2D eigenvalue weighted by atomic mass is 32.2. The summed E-state index contributed by atoms with van der Waals surface area (Å²) in [6.07, 6.45) is 12.6. The van der Waals surface area contributed by atoms with Gasteiger partial charge in [0.25, 0.3) is 5.56 Å². The molecule has 5 fully saturated rings. The van der Waals surface area contributed by atoms with Crippen LogP contribution in [0, 0.1) is 12.3 Å². The highest BCUT2D eigenvalue weighted by molar-refractivity contribution is 7.84. The minimum absolute atomic E-state index is 0.0457. The van der Waals surface area contributed by atoms with Gasteiger partial charge in [-0.05, 0) is 79.8 Å². The minimum Gasteiger partial charge on any atom is -0.371 e. The molecule has 2 unspecified atom stereocenters. The lowest BCUT2D eigenvalue weighted by atomic mass is 9.72. The van der Waals surface area contributed by atoms with Crippen LogP contribution in [-0.2, 0) is 20.4 Å². The van der Waals surface area contributed by atoms with Crippen molar-refractivity contribution in [3.63, 3.8) is 0 Å². The Bertz CT molecular complexity index is 2250. The SMILES string of the molecule is Cc1c(S(C)=O)c(=O)n(C2CCCC2)c2nc(Nc3ccc(N4CCN(CCN5CC6(CCN(c7ccc(C8CCC(=O)NC8=O)cc7)CC6)C5)CC4)cn3)ncc12. The number of carbonyl (C=O) groups is 2. The summed E-state index contributed by atoms with van der Waals surface area (Å²) in [6.45, 7) is 12.5. The molecule has 306 valence electrons. The fourth-order valence-corrected chi connectivity index (χ4v) is 10.9. The zero-order valence-electron chi connectivity index (χ0n) is 33.6. The molecule has 7 heterocycles. The number of hydrogen-bond acceptors (Lipinski definition) is 12. The second kappa shape index (κ2) is 16.1. The number of aryl methyl sites for hydroxylation is 1. The Morgan fingerprint density at radius 1 is 0.828 bits per heavy atom. The lowest BCUT2D eigenvalue weighted by molar-refractivity contribution is -0.134. The van der Waals surface area contributed by atoms with E-state index in [1.165, 1.54) is 31.6 Å². The maximum absolute atomic E-state index is 13.6. The van der Waals surface area contributed by atoms with Crippen LogP contribution < -0.4 is 26.0 Å². The van der Waals surface area contributed by atoms with Gasteiger partial charge in [0.2, 0.25) is 17.8 Å². The summed E-state index contributed by atoms with van der Waals surface area (Å²) >= 11 is 0. The molecule has 1 aromatic carbocycles. The van der Waals surface area contributed by atoms with Gasteiger partial charge in [0.1, 0.15) is 16.4 Å². The third-order valence-corrected chi connectivity index (χ3v) is 14.5. The van der Waals surface area contributed by atoms with E-state index in [4.69, 9.17) is 9.97 Å². The number of anilines is 4. The topological polar surface area (TPSA) is 149 Å². The molecule has 4 saturated heterocycles. The standard InChI is InChI=1S/C43H54N10O4S/c1-29-35-26-45-42(48-39(35)53(32-5-3-4-6-32)41(56)38(29)58(2)57)46-36-13-11-33(25-44-36)52-23-21-49(22-24-52)19-20-50-27-43(28-50)15-17-51(18-16-43)31-9-7-30(8-10-31)34-12-14-37(54)47-40(34)55/h7-11,13,25-26,32,34H,3-6,12,14-24,27-28H2,1-2H3,(H,47,54,55)(H,44,45,46,48). The van der Waals surface area contributed by atoms with Gasteiger partial charge in [-0.25, -0.2) is 9.97 Å². The number of hydrogen-bond donors (Lipinski definition) is 2. The molecule has 1 spiro atoms. The van der Waals surface area contributed by atoms with Gasteiger partial charge < -0.3 is 20.0 Å². The number of aromatic nitrogens is 4. The van der Waals surface area contributed by atoms with E-state index >= 15 is 0 Å². The van der Waals surface area contributed by atoms with Crippen LogP contribution in [-0.4, -0.2) is 117 Å². The number of piperidine rings is 2. The summed E-state index contributed by atoms with van der Waals surface area (Å²) in [5, 5.41) is 6.48. The number of benzene rings is 1. The van der Waals surface area contributed by atoms with E-state index in [0.29, 0.717) is 46.1 Å². The quantitative estimate of drug-likeness (QED) is 0.220. The third-order valence-electron chi connectivity index (χ3n) is 13.4. The maximum atomic E-state index is 13.6. The first kappa shape index (κ1) is 38.8. The lowest BCUT2D eigenvalue weighted by Gasteiger charge is -2.55. The number of carbonyl (C=O) groups excluding carboxylic acids is 2. The van der Waals surface area contributed by atoms with Gasteiger partial charge in [-0.3, -0.25) is 33.4 Å². The fraction of sp³-hybridized carbons (Fsp3) is 0.535. The molecule has 58 heavy (non-hydrogen) atoms. The Morgan fingerprint density at radius 2 is 1.52 bits per heavy atom. The fourth-order valence-electron chi connectivity index (χ4n) is 10.0. The maximum Gasteiger partial charge on any atom is 0.268 e. The molecule has 9 rings (SSSR count). The number of nitrogens with one attached hydrogen (secondary N) is 2. The summed E-state index contributed by atoms with van der Waals surface area (Å²) in [5.41, 5.74) is 4.80. The van der Waals surface area contributed by atoms with Crippen molar-refractivity contribution in [1.29, 1.82) is 0 Å². The van der Waals surface area contributed by atoms with Crippen molar-refractivity contribution in [2.45, 2.75) is 75.1 Å². The van der Waals surface area contributed by atoms with E-state index in [2.05, 4.69) is 65.5 Å². The van der Waals surface area contributed by atoms with Crippen LogP contribution in [0.5, 0.6) is 0 Å². The van der Waals surface area contributed by atoms with Crippen LogP contribution >= 0.6 is 0 Å². The van der Waals surface area contributed by atoms with Crippen LogP contribution in [0.1, 0.15) is 74.5 Å². The normalized spacial score (nSPS) is 22.3. The van der Waals surface area contributed by atoms with E-state index in [-0.39, 0.29) is 29.3 Å². The van der Waals surface area contributed by atoms with E-state index in [1.54, 1.807) is 17.0 Å². The van der Waals surface area contributed by atoms with Crippen LogP contribution in [0.2, 0.25) is 0 Å². The van der Waals surface area contributed by atoms with Crippen LogP contribution in [0.4, 0.5) is 23.1 Å². The number of rotatable bonds is 10. The van der Waals surface area contributed by atoms with Crippen LogP contribution in [0.25, 0.3) is 11.0 Å². The Balaban J connectivity index is 0.726. The van der Waals surface area contributed by atoms with Crippen molar-refractivity contribution in [2.24, 2.45) is 5.41 Å². The van der Waals surface area contributed by atoms with Gasteiger partial charge in [0.05, 0.1) is 28.6 Å². The van der Waals surface area contributed by atoms with Crippen molar-refractivity contribution in [1.82, 2.24) is 34.6 Å². The molecule has 3 aromatic heterocycles. The second-order valence-corrected chi connectivity index (χ2v) is 18.4. The zero-order valence-corrected chi connectivity index (χ0v) is 34.4. The molecule has 2 atom stereocenters. The van der Waals surface area contributed by atoms with Gasteiger partial charge >= 0.3 is 0 Å². The molecule has 2 amide bonds. The second-order valence-electron chi connectivity index (χ2n) is 17.1. The molecule has 1 saturated carbocycles. The number of fused-ring (bicyclic) bond motifs is 1. The molecule has 1 aliphatic carbocycles. The zero-order chi connectivity index (χ0) is 40.0. The lowest BCUT2D eigenvalue weighted by Crippen LogP contribution is -2.61. The van der Waals surface area contributed by atoms with Gasteiger partial charge in [-0.15, -0.1) is 0 Å². The van der Waals surface area contributed by atoms with E-state index in [0.717, 1.165) is 94.7 Å². The van der Waals surface area contributed by atoms with Crippen molar-refractivity contribution < 1.29 is 13.8 Å². The molecule has 4 aromatic rings. The predicted octanol–water partition coefficient (Wildman–Crippen LogP) is 4.34. The predicted molar refractivity (Wildman–Crippen MR) is 226 cm³/mol. The molecule has 0 radical (unpaired) electrons. The number of amides is 2. The highest BCUT2D eigenvalue weighted by Crippen LogP contribution is 2.41. The van der Waals surface area contributed by atoms with Crippen molar-refractivity contribution in [3.8, 4) is 0 Å². The molecule has 15 heteroatoms. The molecule has 2 N–H and O–H groups in total. The molecule has 14 nitrogen and oxygen atoms in total. The van der Waals surface area contributed by atoms with Gasteiger partial charge in [-0.1, -0.05) is 25.0 Å². The summed E-state index contributed by atoms with van der Waals surface area (Å²) in [7, 11) is -1.41. The first-order valence-corrected chi connectivity index (χ1v) is 22.6. The summed E-state index contributed by atoms with van der Waals surface area (Å²) in [5.74, 6) is 0.432. The molecule has 0 bridgehead atoms. The Morgan fingerprint density at radius 3 is 2.19 bits per heavy atom. The molecular weight excluding hydrogens is 753 g/mol. The average molecular weight is 807 g/mol. The summed E-state index contributed by atoms with van der Waals surface area (Å²) in [6, 6.07) is 12.5. The van der Waals surface area contributed by atoms with Crippen molar-refractivity contribution in [3.05, 3.63) is 70.3 Å². The van der Waals surface area contributed by atoms with E-state index in [9.17, 15) is 18.6 Å². The number of nitrogens with zero attached hydrogens (tertiary/aromatic N) is 8. The largest absolute Gasteiger partial charge is 0.371 e. The van der Waals surface area contributed by atoms with Crippen molar-refractivity contribution >= 4 is 56.8 Å². The van der Waals surface area contributed by atoms with Crippen LogP contribution in [0.15, 0.2) is 58.5 Å². The Kier molecular flexibility index (Phi) is 10.8. The number of piperazine rings is 1. The molecule has 5 aliphatic rings. The first-order valence-electron chi connectivity index (χ1n) is 21.0. The van der Waals surface area contributed by atoms with Gasteiger partial charge in [0.15, 0.2) is 0 Å². The first-order chi connectivity index (χ1) is 28.1. The van der Waals surface area contributed by atoms with Gasteiger partial charge in [0, 0.05) is 101 Å². The smallest absolute Gasteiger partial charge is 0.268 e. The minimum atomic E-state index is -1.41. The average Bonchev–Trinajstić information content (AvgIpc) is 3.75. The third kappa shape index (κ3) is 7.75. The van der Waals surface area contributed by atoms with Crippen LogP contribution in [0.3, 0.4) is 0 Å². The van der Waals surface area contributed by atoms with E-state index in [1.807, 2.05) is 19.2 Å². The molecular formula is C43H54N10O4S. The number of pyridine rings is 2.